The first-order chi connectivity index (χ1) is 22.5. The number of nitrogens with zero attached hydrogens (tertiary/aromatic N) is 1. The second-order valence-corrected chi connectivity index (χ2v) is 11.1. The summed E-state index contributed by atoms with van der Waals surface area (Å²) in [6.45, 7) is 0.102. The second kappa shape index (κ2) is 13.8. The minimum absolute atomic E-state index is 0.0769. The van der Waals surface area contributed by atoms with Gasteiger partial charge in [0.2, 0.25) is 0 Å². The number of amides is 1. The van der Waals surface area contributed by atoms with Crippen molar-refractivity contribution in [3.05, 3.63) is 161 Å². The molecule has 1 aliphatic rings. The molecule has 0 spiro atoms. The topological polar surface area (TPSA) is 126 Å². The normalized spacial score (nSPS) is 13.0. The largest absolute Gasteiger partial charge is 0.480 e. The molecule has 5 aromatic rings. The van der Waals surface area contributed by atoms with E-state index in [9.17, 15) is 14.7 Å². The number of alkyl carbamates (subject to hydrolysis) is 1. The molecule has 0 aliphatic heterocycles. The Balaban J connectivity index is 1.07. The zero-order valence-corrected chi connectivity index (χ0v) is 25.0. The van der Waals surface area contributed by atoms with Crippen molar-refractivity contribution in [2.75, 3.05) is 11.9 Å². The highest BCUT2D eigenvalue weighted by atomic mass is 16.5. The minimum atomic E-state index is -1.17. The van der Waals surface area contributed by atoms with E-state index in [1.54, 1.807) is 24.3 Å². The van der Waals surface area contributed by atoms with Crippen LogP contribution < -0.4 is 16.4 Å². The van der Waals surface area contributed by atoms with E-state index >= 15 is 0 Å². The summed E-state index contributed by atoms with van der Waals surface area (Å²) in [4.78, 5) is 29.6. The van der Waals surface area contributed by atoms with Crippen LogP contribution in [0.2, 0.25) is 0 Å². The van der Waals surface area contributed by atoms with E-state index < -0.39 is 18.1 Å². The van der Waals surface area contributed by atoms with Crippen LogP contribution in [0.25, 0.3) is 11.1 Å². The van der Waals surface area contributed by atoms with E-state index in [1.165, 1.54) is 0 Å². The molecule has 1 amide bonds. The Morgan fingerprint density at radius 3 is 1.80 bits per heavy atom. The molecule has 0 radical (unpaired) electrons. The van der Waals surface area contributed by atoms with Crippen molar-refractivity contribution in [2.45, 2.75) is 24.4 Å². The highest BCUT2D eigenvalue weighted by Crippen LogP contribution is 2.44. The average molecular weight is 611 g/mol. The number of guanidine groups is 1. The van der Waals surface area contributed by atoms with Gasteiger partial charge in [-0.2, -0.15) is 0 Å². The SMILES string of the molecule is N/C(=N\C(c1ccccc1)c1ccccc1)Nc1ccc(CC(NC(=O)OCC2c3ccccc3-c3ccccc32)C(=O)O)cc1. The fourth-order valence-corrected chi connectivity index (χ4v) is 5.87. The van der Waals surface area contributed by atoms with Gasteiger partial charge in [-0.05, 0) is 51.1 Å². The first-order valence-corrected chi connectivity index (χ1v) is 15.1. The Labute approximate surface area is 267 Å². The number of nitrogens with one attached hydrogen (secondary N) is 2. The van der Waals surface area contributed by atoms with E-state index in [1.807, 2.05) is 97.1 Å². The lowest BCUT2D eigenvalue weighted by molar-refractivity contribution is -0.139. The van der Waals surface area contributed by atoms with Crippen molar-refractivity contribution < 1.29 is 19.4 Å². The Hall–Kier alpha value is -5.89. The summed E-state index contributed by atoms with van der Waals surface area (Å²) in [5.74, 6) is -1.03. The number of nitrogens with two attached hydrogens (primary N) is 1. The summed E-state index contributed by atoms with van der Waals surface area (Å²) < 4.78 is 5.57. The number of hydrogen-bond acceptors (Lipinski definition) is 4. The van der Waals surface area contributed by atoms with Crippen LogP contribution in [0.4, 0.5) is 10.5 Å². The number of carbonyl (C=O) groups is 2. The number of aliphatic imine (C=N–C) groups is 1. The van der Waals surface area contributed by atoms with E-state index in [4.69, 9.17) is 15.5 Å². The predicted octanol–water partition coefficient (Wildman–Crippen LogP) is 6.74. The first-order valence-electron chi connectivity index (χ1n) is 15.1. The molecule has 1 aliphatic carbocycles. The van der Waals surface area contributed by atoms with Gasteiger partial charge in [-0.1, -0.05) is 121 Å². The van der Waals surface area contributed by atoms with Crippen LogP contribution in [-0.2, 0) is 16.0 Å². The molecule has 5 N–H and O–H groups in total. The third-order valence-corrected chi connectivity index (χ3v) is 8.10. The molecule has 6 rings (SSSR count). The number of anilines is 1. The van der Waals surface area contributed by atoms with Gasteiger partial charge in [0.05, 0.1) is 0 Å². The zero-order valence-electron chi connectivity index (χ0n) is 25.0. The van der Waals surface area contributed by atoms with Gasteiger partial charge < -0.3 is 26.2 Å². The van der Waals surface area contributed by atoms with Gasteiger partial charge in [0.1, 0.15) is 18.7 Å². The zero-order chi connectivity index (χ0) is 31.9. The standard InChI is InChI=1S/C38H34N4O4/c39-37(42-35(26-11-3-1-4-12-26)27-13-5-2-6-14-27)40-28-21-19-25(20-22-28)23-34(36(43)44)41-38(45)46-24-33-31-17-9-7-15-29(31)30-16-8-10-18-32(30)33/h1-22,33-35H,23-24H2,(H,41,45)(H,43,44)(H3,39,40,42). The highest BCUT2D eigenvalue weighted by Gasteiger charge is 2.30. The lowest BCUT2D eigenvalue weighted by Gasteiger charge is -2.18. The van der Waals surface area contributed by atoms with E-state index in [0.29, 0.717) is 5.69 Å². The van der Waals surface area contributed by atoms with Crippen molar-refractivity contribution in [3.63, 3.8) is 0 Å². The number of carbonyl (C=O) groups excluding carboxylic acids is 1. The fraction of sp³-hybridized carbons (Fsp3) is 0.132. The van der Waals surface area contributed by atoms with Crippen LogP contribution in [0.1, 0.15) is 39.8 Å². The highest BCUT2D eigenvalue weighted by molar-refractivity contribution is 5.92. The lowest BCUT2D eigenvalue weighted by atomic mass is 9.98. The summed E-state index contributed by atoms with van der Waals surface area (Å²) in [5, 5.41) is 15.5. The summed E-state index contributed by atoms with van der Waals surface area (Å²) >= 11 is 0. The molecule has 0 aromatic heterocycles. The molecule has 230 valence electrons. The Morgan fingerprint density at radius 2 is 1.26 bits per heavy atom. The Bertz CT molecular complexity index is 1760. The first kappa shape index (κ1) is 30.1. The molecule has 46 heavy (non-hydrogen) atoms. The fourth-order valence-electron chi connectivity index (χ4n) is 5.87. The van der Waals surface area contributed by atoms with Crippen LogP contribution in [-0.4, -0.2) is 35.8 Å². The van der Waals surface area contributed by atoms with Gasteiger partial charge in [0.15, 0.2) is 5.96 Å². The number of fused-ring (bicyclic) bond motifs is 3. The van der Waals surface area contributed by atoms with Gasteiger partial charge in [0, 0.05) is 18.0 Å². The number of carboxylic acids is 1. The molecule has 0 saturated carbocycles. The molecular weight excluding hydrogens is 576 g/mol. The van der Waals surface area contributed by atoms with Crippen LogP contribution in [0.3, 0.4) is 0 Å². The number of carboxylic acid groups (broad SMARTS) is 1. The second-order valence-electron chi connectivity index (χ2n) is 11.1. The van der Waals surface area contributed by atoms with Crippen molar-refractivity contribution in [1.82, 2.24) is 5.32 Å². The van der Waals surface area contributed by atoms with Crippen LogP contribution in [0, 0.1) is 0 Å². The molecule has 0 heterocycles. The van der Waals surface area contributed by atoms with Gasteiger partial charge in [0.25, 0.3) is 0 Å². The minimum Gasteiger partial charge on any atom is -0.480 e. The summed E-state index contributed by atoms with van der Waals surface area (Å²) in [5.41, 5.74) is 14.2. The number of aliphatic carboxylic acids is 1. The third kappa shape index (κ3) is 6.92. The third-order valence-electron chi connectivity index (χ3n) is 8.10. The van der Waals surface area contributed by atoms with Crippen molar-refractivity contribution >= 4 is 23.7 Å². The molecule has 8 nitrogen and oxygen atoms in total. The van der Waals surface area contributed by atoms with Gasteiger partial charge >= 0.3 is 12.1 Å². The van der Waals surface area contributed by atoms with Gasteiger partial charge in [-0.25, -0.2) is 14.6 Å². The molecule has 8 heteroatoms. The molecule has 5 aromatic carbocycles. The van der Waals surface area contributed by atoms with Gasteiger partial charge in [-0.3, -0.25) is 0 Å². The summed E-state index contributed by atoms with van der Waals surface area (Å²) in [6.07, 6.45) is -0.698. The Kier molecular flexibility index (Phi) is 9.06. The van der Waals surface area contributed by atoms with E-state index in [0.717, 1.165) is 38.9 Å². The quantitative estimate of drug-likeness (QED) is 0.103. The maximum Gasteiger partial charge on any atom is 0.407 e. The number of hydrogen-bond donors (Lipinski definition) is 4. The molecule has 0 saturated heterocycles. The van der Waals surface area contributed by atoms with Crippen LogP contribution in [0.5, 0.6) is 0 Å². The van der Waals surface area contributed by atoms with E-state index in [2.05, 4.69) is 22.8 Å². The summed E-state index contributed by atoms with van der Waals surface area (Å²) in [6, 6.07) is 41.6. The van der Waals surface area contributed by atoms with Crippen LogP contribution in [0.15, 0.2) is 138 Å². The molecule has 0 fully saturated rings. The maximum atomic E-state index is 12.8. The van der Waals surface area contributed by atoms with Crippen molar-refractivity contribution in [2.24, 2.45) is 10.7 Å². The number of benzene rings is 5. The number of rotatable bonds is 10. The lowest BCUT2D eigenvalue weighted by Crippen LogP contribution is -2.42. The predicted molar refractivity (Wildman–Crippen MR) is 180 cm³/mol. The summed E-state index contributed by atoms with van der Waals surface area (Å²) in [7, 11) is 0. The molecular formula is C38H34N4O4. The van der Waals surface area contributed by atoms with E-state index in [-0.39, 0.29) is 30.9 Å². The van der Waals surface area contributed by atoms with Crippen LogP contribution >= 0.6 is 0 Å². The van der Waals surface area contributed by atoms with Crippen molar-refractivity contribution in [1.29, 1.82) is 0 Å². The molecule has 0 bridgehead atoms. The monoisotopic (exact) mass is 610 g/mol. The molecule has 1 atom stereocenters. The maximum absolute atomic E-state index is 12.8. The smallest absolute Gasteiger partial charge is 0.407 e. The van der Waals surface area contributed by atoms with Crippen molar-refractivity contribution in [3.8, 4) is 11.1 Å². The molecule has 1 unspecified atom stereocenters. The Morgan fingerprint density at radius 1 is 0.739 bits per heavy atom. The van der Waals surface area contributed by atoms with Gasteiger partial charge in [-0.15, -0.1) is 0 Å². The average Bonchev–Trinajstić information content (AvgIpc) is 3.41. The number of ether oxygens (including phenoxy) is 1.